The predicted molar refractivity (Wildman–Crippen MR) is 223 cm³/mol. The third kappa shape index (κ3) is 4.05. The van der Waals surface area contributed by atoms with Crippen molar-refractivity contribution in [3.8, 4) is 33.4 Å². The zero-order chi connectivity index (χ0) is 32.7. The molecule has 0 aliphatic carbocycles. The van der Waals surface area contributed by atoms with Crippen LogP contribution in [0.4, 0.5) is 0 Å². The molecular weight excluding hydrogens is 575 g/mol. The SMILES string of the molecule is Bc1c(B)c(B)c(-c2c3ccccc3c(-c3cccc4oc5c(-c6cccc7ccccc67)cccc5c34)c3ccccc23)c(B)c1B. The van der Waals surface area contributed by atoms with Gasteiger partial charge in [-0.1, -0.05) is 132 Å². The van der Waals surface area contributed by atoms with Gasteiger partial charge in [-0.2, -0.15) is 0 Å². The van der Waals surface area contributed by atoms with Gasteiger partial charge >= 0.3 is 0 Å². The molecule has 1 nitrogen and oxygen atoms in total. The van der Waals surface area contributed by atoms with Crippen LogP contribution >= 0.6 is 0 Å². The van der Waals surface area contributed by atoms with E-state index >= 15 is 0 Å². The molecule has 0 fully saturated rings. The molecule has 1 heterocycles. The number of hydrogen-bond acceptors (Lipinski definition) is 1. The van der Waals surface area contributed by atoms with Crippen LogP contribution in [0, 0.1) is 0 Å². The van der Waals surface area contributed by atoms with Crippen molar-refractivity contribution < 1.29 is 4.42 Å². The van der Waals surface area contributed by atoms with Crippen LogP contribution < -0.4 is 27.3 Å². The van der Waals surface area contributed by atoms with Crippen molar-refractivity contribution >= 4 is 121 Å². The van der Waals surface area contributed by atoms with E-state index in [4.69, 9.17) is 4.42 Å². The Hall–Kier alpha value is -5.34. The zero-order valence-electron chi connectivity index (χ0n) is 28.0. The van der Waals surface area contributed by atoms with E-state index in [9.17, 15) is 0 Å². The molecule has 8 aromatic carbocycles. The lowest BCUT2D eigenvalue weighted by Crippen LogP contribution is -2.55. The lowest BCUT2D eigenvalue weighted by atomic mass is 9.59. The second-order valence-corrected chi connectivity index (χ2v) is 13.3. The van der Waals surface area contributed by atoms with Crippen LogP contribution in [0.5, 0.6) is 0 Å². The molecule has 0 saturated carbocycles. The van der Waals surface area contributed by atoms with Crippen molar-refractivity contribution in [2.45, 2.75) is 0 Å². The summed E-state index contributed by atoms with van der Waals surface area (Å²) in [6, 6.07) is 46.3. The first-order valence-corrected chi connectivity index (χ1v) is 16.9. The molecule has 9 rings (SSSR count). The molecule has 0 radical (unpaired) electrons. The third-order valence-corrected chi connectivity index (χ3v) is 11.1. The lowest BCUT2D eigenvalue weighted by Gasteiger charge is -2.24. The molecular formula is C42H31B5O. The molecule has 6 heteroatoms. The molecule has 0 N–H and O–H groups in total. The van der Waals surface area contributed by atoms with Gasteiger partial charge in [0.2, 0.25) is 0 Å². The molecule has 0 aliphatic rings. The monoisotopic (exact) mass is 606 g/mol. The van der Waals surface area contributed by atoms with E-state index in [1.807, 2.05) is 0 Å². The second-order valence-electron chi connectivity index (χ2n) is 13.3. The molecule has 0 amide bonds. The minimum absolute atomic E-state index is 0.906. The molecule has 220 valence electrons. The first-order chi connectivity index (χ1) is 23.4. The smallest absolute Gasteiger partial charge is 0.143 e. The van der Waals surface area contributed by atoms with Crippen LogP contribution in [-0.4, -0.2) is 39.2 Å². The van der Waals surface area contributed by atoms with Gasteiger partial charge in [-0.3, -0.25) is 0 Å². The Labute approximate surface area is 285 Å². The van der Waals surface area contributed by atoms with Gasteiger partial charge in [0.1, 0.15) is 50.4 Å². The second kappa shape index (κ2) is 10.9. The fourth-order valence-corrected chi connectivity index (χ4v) is 8.29. The topological polar surface area (TPSA) is 13.1 Å². The van der Waals surface area contributed by atoms with Crippen LogP contribution in [0.3, 0.4) is 0 Å². The highest BCUT2D eigenvalue weighted by Crippen LogP contribution is 2.47. The van der Waals surface area contributed by atoms with E-state index in [0.29, 0.717) is 0 Å². The highest BCUT2D eigenvalue weighted by Gasteiger charge is 2.23. The van der Waals surface area contributed by atoms with Gasteiger partial charge in [-0.15, -0.1) is 16.4 Å². The average molecular weight is 606 g/mol. The zero-order valence-corrected chi connectivity index (χ0v) is 28.0. The Morgan fingerprint density at radius 1 is 0.333 bits per heavy atom. The molecule has 0 unspecified atom stereocenters. The van der Waals surface area contributed by atoms with Crippen LogP contribution in [0.2, 0.25) is 0 Å². The van der Waals surface area contributed by atoms with Crippen molar-refractivity contribution in [3.05, 3.63) is 127 Å². The summed E-state index contributed by atoms with van der Waals surface area (Å²) in [4.78, 5) is 0. The number of para-hydroxylation sites is 1. The lowest BCUT2D eigenvalue weighted by molar-refractivity contribution is 0.670. The minimum Gasteiger partial charge on any atom is -0.455 e. The largest absolute Gasteiger partial charge is 0.455 e. The molecule has 0 spiro atoms. The summed E-state index contributed by atoms with van der Waals surface area (Å²) in [6.45, 7) is 0. The van der Waals surface area contributed by atoms with Crippen LogP contribution in [0.25, 0.3) is 87.6 Å². The minimum atomic E-state index is 0.906. The van der Waals surface area contributed by atoms with Gasteiger partial charge < -0.3 is 4.42 Å². The van der Waals surface area contributed by atoms with Crippen molar-refractivity contribution in [2.75, 3.05) is 0 Å². The molecule has 0 bridgehead atoms. The number of benzene rings is 8. The van der Waals surface area contributed by atoms with Crippen LogP contribution in [0.15, 0.2) is 132 Å². The summed E-state index contributed by atoms with van der Waals surface area (Å²) < 4.78 is 6.84. The molecule has 48 heavy (non-hydrogen) atoms. The standard InChI is InChI=1S/C42H31B5O/c43-37-36(38(44)40(46)41(47)39(37)45)35-27-15-5-3-13-25(27)33(26-14-4-6-16-28(26)35)30-19-9-21-32-34(30)31-20-8-18-29(42(31)48-32)24-17-7-11-22-10-1-2-12-23(22)24/h1-21H,43-47H2. The molecule has 0 saturated heterocycles. The fraction of sp³-hybridized carbons (Fsp3) is 0. The molecule has 0 atom stereocenters. The van der Waals surface area contributed by atoms with Crippen molar-refractivity contribution in [2.24, 2.45) is 0 Å². The van der Waals surface area contributed by atoms with Gasteiger partial charge in [-0.25, -0.2) is 0 Å². The van der Waals surface area contributed by atoms with Crippen molar-refractivity contribution in [1.82, 2.24) is 0 Å². The van der Waals surface area contributed by atoms with E-state index in [-0.39, 0.29) is 0 Å². The Bertz CT molecular complexity index is 2700. The first-order valence-electron chi connectivity index (χ1n) is 16.9. The maximum atomic E-state index is 6.84. The van der Waals surface area contributed by atoms with Crippen LogP contribution in [0.1, 0.15) is 0 Å². The Kier molecular flexibility index (Phi) is 6.53. The van der Waals surface area contributed by atoms with Crippen molar-refractivity contribution in [3.63, 3.8) is 0 Å². The maximum absolute atomic E-state index is 6.84. The van der Waals surface area contributed by atoms with Gasteiger partial charge in [0.25, 0.3) is 0 Å². The summed E-state index contributed by atoms with van der Waals surface area (Å²) >= 11 is 0. The first kappa shape index (κ1) is 28.9. The highest BCUT2D eigenvalue weighted by molar-refractivity contribution is 6.69. The summed E-state index contributed by atoms with van der Waals surface area (Å²) in [5, 5.41) is 9.83. The van der Waals surface area contributed by atoms with Crippen LogP contribution in [-0.2, 0) is 0 Å². The maximum Gasteiger partial charge on any atom is 0.143 e. The van der Waals surface area contributed by atoms with Crippen molar-refractivity contribution in [1.29, 1.82) is 0 Å². The molecule has 9 aromatic rings. The Morgan fingerprint density at radius 2 is 0.792 bits per heavy atom. The fourth-order valence-electron chi connectivity index (χ4n) is 8.29. The Morgan fingerprint density at radius 3 is 1.46 bits per heavy atom. The number of rotatable bonds is 3. The highest BCUT2D eigenvalue weighted by atomic mass is 16.3. The third-order valence-electron chi connectivity index (χ3n) is 11.1. The van der Waals surface area contributed by atoms with E-state index < -0.39 is 0 Å². The molecule has 0 aliphatic heterocycles. The predicted octanol–water partition coefficient (Wildman–Crippen LogP) is 3.34. The van der Waals surface area contributed by atoms with E-state index in [0.717, 1.165) is 27.5 Å². The normalized spacial score (nSPS) is 11.8. The molecule has 1 aromatic heterocycles. The van der Waals surface area contributed by atoms with E-state index in [2.05, 4.69) is 167 Å². The number of fused-ring (bicyclic) bond motifs is 6. The quantitative estimate of drug-likeness (QED) is 0.223. The van der Waals surface area contributed by atoms with Gasteiger partial charge in [0, 0.05) is 16.3 Å². The summed E-state index contributed by atoms with van der Waals surface area (Å²) in [7, 11) is 11.4. The Balaban J connectivity index is 1.40. The number of furan rings is 1. The average Bonchev–Trinajstić information content (AvgIpc) is 3.52. The van der Waals surface area contributed by atoms with E-state index in [1.54, 1.807) is 0 Å². The van der Waals surface area contributed by atoms with Gasteiger partial charge in [-0.05, 0) is 66.2 Å². The van der Waals surface area contributed by atoms with E-state index in [1.165, 1.54) is 87.4 Å². The number of hydrogen-bond donors (Lipinski definition) is 0. The summed E-state index contributed by atoms with van der Waals surface area (Å²) in [5.74, 6) is 0. The summed E-state index contributed by atoms with van der Waals surface area (Å²) in [6.07, 6.45) is 0. The summed E-state index contributed by atoms with van der Waals surface area (Å²) in [5.41, 5.74) is 16.2. The van der Waals surface area contributed by atoms with Gasteiger partial charge in [0.05, 0.1) is 0 Å². The van der Waals surface area contributed by atoms with Gasteiger partial charge in [0.15, 0.2) is 0 Å².